The van der Waals surface area contributed by atoms with E-state index in [9.17, 15) is 9.59 Å². The van der Waals surface area contributed by atoms with Crippen LogP contribution in [0.25, 0.3) is 5.00 Å². The zero-order valence-corrected chi connectivity index (χ0v) is 15.8. The zero-order valence-electron chi connectivity index (χ0n) is 15.0. The molecule has 1 atom stereocenters. The Balaban J connectivity index is 1.49. The molecule has 1 unspecified atom stereocenters. The number of carbonyl (C=O) groups excluding carboxylic acids is 2. The van der Waals surface area contributed by atoms with Crippen molar-refractivity contribution in [2.45, 2.75) is 51.5 Å². The molecule has 1 N–H and O–H groups in total. The van der Waals surface area contributed by atoms with Crippen LogP contribution in [0.3, 0.4) is 0 Å². The van der Waals surface area contributed by atoms with Crippen LogP contribution in [-0.2, 0) is 22.4 Å². The lowest BCUT2D eigenvalue weighted by atomic mass is 9.95. The second-order valence-electron chi connectivity index (χ2n) is 7.25. The monoisotopic (exact) mass is 372 g/mol. The molecule has 26 heavy (non-hydrogen) atoms. The topological polar surface area (TPSA) is 60.3 Å². The van der Waals surface area contributed by atoms with Gasteiger partial charge in [-0.05, 0) is 69.1 Å². The Bertz CT molecular complexity index is 805. The summed E-state index contributed by atoms with van der Waals surface area (Å²) in [5, 5.41) is 3.83. The number of hydrogen-bond acceptors (Lipinski definition) is 4. The minimum absolute atomic E-state index is 0.158. The average molecular weight is 372 g/mol. The molecule has 2 aliphatic carbocycles. The van der Waals surface area contributed by atoms with Crippen LogP contribution < -0.4 is 5.32 Å². The minimum atomic E-state index is -0.387. The highest BCUT2D eigenvalue weighted by Crippen LogP contribution is 2.37. The van der Waals surface area contributed by atoms with Crippen molar-refractivity contribution in [3.05, 3.63) is 40.5 Å². The lowest BCUT2D eigenvalue weighted by Crippen LogP contribution is -2.37. The van der Waals surface area contributed by atoms with Crippen LogP contribution >= 0.6 is 11.3 Å². The molecule has 0 radical (unpaired) electrons. The SMILES string of the molecule is CC(NC(=O)COC(=O)c1c(-n2cccc2)sc2c1CCCC2)C1CC1. The first-order valence-electron chi connectivity index (χ1n) is 9.38. The highest BCUT2D eigenvalue weighted by Gasteiger charge is 2.30. The average Bonchev–Trinajstić information content (AvgIpc) is 3.21. The van der Waals surface area contributed by atoms with Crippen molar-refractivity contribution in [3.63, 3.8) is 0 Å². The van der Waals surface area contributed by atoms with Crippen molar-refractivity contribution in [1.82, 2.24) is 9.88 Å². The first kappa shape index (κ1) is 17.3. The first-order chi connectivity index (χ1) is 12.6. The van der Waals surface area contributed by atoms with E-state index in [1.165, 1.54) is 17.7 Å². The summed E-state index contributed by atoms with van der Waals surface area (Å²) >= 11 is 1.67. The Labute approximate surface area is 157 Å². The number of hydrogen-bond donors (Lipinski definition) is 1. The fraction of sp³-hybridized carbons (Fsp3) is 0.500. The van der Waals surface area contributed by atoms with E-state index in [2.05, 4.69) is 5.32 Å². The molecule has 2 heterocycles. The van der Waals surface area contributed by atoms with E-state index in [0.717, 1.165) is 36.2 Å². The molecule has 2 aromatic rings. The molecule has 5 nitrogen and oxygen atoms in total. The van der Waals surface area contributed by atoms with Gasteiger partial charge < -0.3 is 14.6 Å². The third-order valence-corrected chi connectivity index (χ3v) is 6.55. The van der Waals surface area contributed by atoms with Crippen LogP contribution in [0.15, 0.2) is 24.5 Å². The third-order valence-electron chi connectivity index (χ3n) is 5.25. The van der Waals surface area contributed by atoms with Gasteiger partial charge in [-0.15, -0.1) is 11.3 Å². The smallest absolute Gasteiger partial charge is 0.341 e. The summed E-state index contributed by atoms with van der Waals surface area (Å²) in [6, 6.07) is 4.05. The normalized spacial score (nSPS) is 17.4. The molecule has 0 aliphatic heterocycles. The minimum Gasteiger partial charge on any atom is -0.452 e. The van der Waals surface area contributed by atoms with Gasteiger partial charge in [0.05, 0.1) is 5.56 Å². The Hall–Kier alpha value is -2.08. The standard InChI is InChI=1S/C20H24N2O3S/c1-13(14-8-9-14)21-17(23)12-25-20(24)18-15-6-2-3-7-16(15)26-19(18)22-10-4-5-11-22/h4-5,10-11,13-14H,2-3,6-9,12H2,1H3,(H,21,23). The molecule has 2 aromatic heterocycles. The Kier molecular flexibility index (Phi) is 4.85. The maximum absolute atomic E-state index is 12.8. The van der Waals surface area contributed by atoms with Crippen LogP contribution in [0.2, 0.25) is 0 Å². The summed E-state index contributed by atoms with van der Waals surface area (Å²) in [6.45, 7) is 1.79. The van der Waals surface area contributed by atoms with E-state index in [0.29, 0.717) is 11.5 Å². The maximum Gasteiger partial charge on any atom is 0.341 e. The highest BCUT2D eigenvalue weighted by atomic mass is 32.1. The number of nitrogens with one attached hydrogen (secondary N) is 1. The third kappa shape index (κ3) is 3.56. The van der Waals surface area contributed by atoms with Gasteiger partial charge in [0.25, 0.3) is 5.91 Å². The van der Waals surface area contributed by atoms with Crippen molar-refractivity contribution in [2.75, 3.05) is 6.61 Å². The lowest BCUT2D eigenvalue weighted by Gasteiger charge is -2.14. The Morgan fingerprint density at radius 3 is 2.73 bits per heavy atom. The van der Waals surface area contributed by atoms with Gasteiger partial charge in [0.1, 0.15) is 5.00 Å². The van der Waals surface area contributed by atoms with E-state index in [4.69, 9.17) is 4.74 Å². The van der Waals surface area contributed by atoms with Crippen molar-refractivity contribution in [3.8, 4) is 5.00 Å². The molecular weight excluding hydrogens is 348 g/mol. The number of nitrogens with zero attached hydrogens (tertiary/aromatic N) is 1. The summed E-state index contributed by atoms with van der Waals surface area (Å²) in [6.07, 6.45) is 10.4. The van der Waals surface area contributed by atoms with Gasteiger partial charge in [0, 0.05) is 23.3 Å². The number of amides is 1. The van der Waals surface area contributed by atoms with Crippen LogP contribution in [0.1, 0.15) is 53.4 Å². The predicted molar refractivity (Wildman–Crippen MR) is 101 cm³/mol. The fourth-order valence-corrected chi connectivity index (χ4v) is 4.97. The number of fused-ring (bicyclic) bond motifs is 1. The number of esters is 1. The number of carbonyl (C=O) groups is 2. The molecule has 6 heteroatoms. The van der Waals surface area contributed by atoms with Crippen LogP contribution in [-0.4, -0.2) is 29.1 Å². The van der Waals surface area contributed by atoms with Gasteiger partial charge in [0.2, 0.25) is 0 Å². The summed E-state index contributed by atoms with van der Waals surface area (Å²) < 4.78 is 7.36. The van der Waals surface area contributed by atoms with Crippen molar-refractivity contribution in [1.29, 1.82) is 0 Å². The fourth-order valence-electron chi connectivity index (χ4n) is 3.63. The van der Waals surface area contributed by atoms with Crippen molar-refractivity contribution in [2.24, 2.45) is 5.92 Å². The van der Waals surface area contributed by atoms with Crippen LogP contribution in [0, 0.1) is 5.92 Å². The van der Waals surface area contributed by atoms with E-state index in [-0.39, 0.29) is 24.5 Å². The Morgan fingerprint density at radius 2 is 2.00 bits per heavy atom. The maximum atomic E-state index is 12.8. The van der Waals surface area contributed by atoms with Gasteiger partial charge >= 0.3 is 5.97 Å². The molecule has 1 amide bonds. The summed E-state index contributed by atoms with van der Waals surface area (Å²) in [5.41, 5.74) is 1.76. The van der Waals surface area contributed by atoms with Gasteiger partial charge in [-0.3, -0.25) is 4.79 Å². The second kappa shape index (κ2) is 7.27. The molecule has 1 saturated carbocycles. The molecular formula is C20H24N2O3S. The van der Waals surface area contributed by atoms with Gasteiger partial charge in [-0.25, -0.2) is 4.79 Å². The first-order valence-corrected chi connectivity index (χ1v) is 10.2. The van der Waals surface area contributed by atoms with Gasteiger partial charge in [0.15, 0.2) is 6.61 Å². The molecule has 0 saturated heterocycles. The highest BCUT2D eigenvalue weighted by molar-refractivity contribution is 7.15. The van der Waals surface area contributed by atoms with E-state index < -0.39 is 0 Å². The Morgan fingerprint density at radius 1 is 1.27 bits per heavy atom. The van der Waals surface area contributed by atoms with E-state index in [1.807, 2.05) is 36.0 Å². The summed E-state index contributed by atoms with van der Waals surface area (Å²) in [4.78, 5) is 26.2. The zero-order chi connectivity index (χ0) is 18.1. The molecule has 2 aliphatic rings. The number of rotatable bonds is 6. The van der Waals surface area contributed by atoms with Gasteiger partial charge in [-0.1, -0.05) is 0 Å². The molecule has 0 bridgehead atoms. The summed E-state index contributed by atoms with van der Waals surface area (Å²) in [5.74, 6) is -0.0226. The number of aromatic nitrogens is 1. The quantitative estimate of drug-likeness (QED) is 0.790. The van der Waals surface area contributed by atoms with Gasteiger partial charge in [-0.2, -0.15) is 0 Å². The molecule has 0 aromatic carbocycles. The molecule has 1 fully saturated rings. The largest absolute Gasteiger partial charge is 0.452 e. The predicted octanol–water partition coefficient (Wildman–Crippen LogP) is 3.49. The van der Waals surface area contributed by atoms with E-state index in [1.54, 1.807) is 11.3 Å². The summed E-state index contributed by atoms with van der Waals surface area (Å²) in [7, 11) is 0. The van der Waals surface area contributed by atoms with Crippen molar-refractivity contribution >= 4 is 23.2 Å². The lowest BCUT2D eigenvalue weighted by molar-refractivity contribution is -0.124. The number of aryl methyl sites for hydroxylation is 1. The van der Waals surface area contributed by atoms with Crippen molar-refractivity contribution < 1.29 is 14.3 Å². The second-order valence-corrected chi connectivity index (χ2v) is 8.33. The van der Waals surface area contributed by atoms with Crippen LogP contribution in [0.5, 0.6) is 0 Å². The molecule has 4 rings (SSSR count). The van der Waals surface area contributed by atoms with E-state index >= 15 is 0 Å². The number of ether oxygens (including phenoxy) is 1. The van der Waals surface area contributed by atoms with Crippen LogP contribution in [0.4, 0.5) is 0 Å². The molecule has 138 valence electrons. The molecule has 0 spiro atoms. The number of thiophene rings is 1.